The molecule has 0 aliphatic carbocycles. The van der Waals surface area contributed by atoms with Gasteiger partial charge in [0, 0.05) is 6.07 Å². The maximum atomic E-state index is 12.6. The van der Waals surface area contributed by atoms with E-state index < -0.39 is 0 Å². The van der Waals surface area contributed by atoms with E-state index in [2.05, 4.69) is 26.8 Å². The molecule has 1 heteroatoms. The lowest BCUT2D eigenvalue weighted by Crippen LogP contribution is -2.10. The molecule has 0 saturated heterocycles. The number of rotatable bonds is 0. The molecule has 0 aliphatic rings. The van der Waals surface area contributed by atoms with Crippen molar-refractivity contribution in [2.75, 3.05) is 0 Å². The van der Waals surface area contributed by atoms with E-state index in [9.17, 15) is 4.39 Å². The third kappa shape index (κ3) is 2.04. The molecule has 11 heavy (non-hydrogen) atoms. The van der Waals surface area contributed by atoms with Crippen LogP contribution in [0.4, 0.5) is 4.39 Å². The van der Waals surface area contributed by atoms with Gasteiger partial charge in [-0.3, -0.25) is 0 Å². The van der Waals surface area contributed by atoms with Crippen LogP contribution in [0, 0.1) is 11.9 Å². The van der Waals surface area contributed by atoms with Crippen LogP contribution in [0.3, 0.4) is 0 Å². The minimum atomic E-state index is -0.280. The zero-order chi connectivity index (χ0) is 8.48. The molecule has 0 atom stereocenters. The standard InChI is InChI=1S/C10H12F/c1-10(2,3)8-5-4-6-9(11)7-8/h4-5,7H,1-3H3. The molecule has 0 aromatic heterocycles. The van der Waals surface area contributed by atoms with Gasteiger partial charge in [-0.1, -0.05) is 32.9 Å². The lowest BCUT2D eigenvalue weighted by atomic mass is 9.87. The largest absolute Gasteiger partial charge is 0.206 e. The minimum Gasteiger partial charge on any atom is -0.206 e. The van der Waals surface area contributed by atoms with E-state index in [0.717, 1.165) is 5.56 Å². The Morgan fingerprint density at radius 3 is 2.36 bits per heavy atom. The Kier molecular flexibility index (Phi) is 1.99. The van der Waals surface area contributed by atoms with E-state index in [1.165, 1.54) is 6.07 Å². The maximum absolute atomic E-state index is 12.6. The summed E-state index contributed by atoms with van der Waals surface area (Å²) in [7, 11) is 0. The normalized spacial score (nSPS) is 11.6. The molecule has 0 heterocycles. The van der Waals surface area contributed by atoms with E-state index >= 15 is 0 Å². The van der Waals surface area contributed by atoms with Crippen molar-refractivity contribution in [1.29, 1.82) is 0 Å². The van der Waals surface area contributed by atoms with Crippen molar-refractivity contribution in [2.24, 2.45) is 0 Å². The lowest BCUT2D eigenvalue weighted by molar-refractivity contribution is 0.571. The van der Waals surface area contributed by atoms with E-state index in [-0.39, 0.29) is 11.2 Å². The van der Waals surface area contributed by atoms with Crippen LogP contribution >= 0.6 is 0 Å². The molecule has 0 nitrogen and oxygen atoms in total. The number of halogens is 1. The Morgan fingerprint density at radius 1 is 1.36 bits per heavy atom. The summed E-state index contributed by atoms with van der Waals surface area (Å²) in [5.74, 6) is -0.280. The first-order chi connectivity index (χ1) is 5.00. The van der Waals surface area contributed by atoms with Gasteiger partial charge in [-0.15, -0.1) is 0 Å². The molecule has 0 unspecified atom stereocenters. The summed E-state index contributed by atoms with van der Waals surface area (Å²) < 4.78 is 12.6. The predicted octanol–water partition coefficient (Wildman–Crippen LogP) is 2.92. The molecule has 59 valence electrons. The average Bonchev–Trinajstić information content (AvgIpc) is 1.86. The number of hydrogen-bond donors (Lipinski definition) is 0. The van der Waals surface area contributed by atoms with Crippen LogP contribution in [0.1, 0.15) is 26.3 Å². The third-order valence-electron chi connectivity index (χ3n) is 1.63. The first-order valence-electron chi connectivity index (χ1n) is 3.68. The molecule has 0 fully saturated rings. The van der Waals surface area contributed by atoms with Crippen molar-refractivity contribution in [3.63, 3.8) is 0 Å². The third-order valence-corrected chi connectivity index (χ3v) is 1.63. The van der Waals surface area contributed by atoms with Crippen molar-refractivity contribution in [1.82, 2.24) is 0 Å². The van der Waals surface area contributed by atoms with Gasteiger partial charge in [0.05, 0.1) is 0 Å². The first kappa shape index (κ1) is 8.25. The Hall–Kier alpha value is -0.850. The Bertz CT molecular complexity index is 245. The van der Waals surface area contributed by atoms with Gasteiger partial charge in [-0.2, -0.15) is 0 Å². The summed E-state index contributed by atoms with van der Waals surface area (Å²) in [6.45, 7) is 6.17. The summed E-state index contributed by atoms with van der Waals surface area (Å²) in [5.41, 5.74) is 1.03. The van der Waals surface area contributed by atoms with Gasteiger partial charge in [-0.25, -0.2) is 4.39 Å². The molecule has 0 N–H and O–H groups in total. The second-order valence-corrected chi connectivity index (χ2v) is 3.68. The van der Waals surface area contributed by atoms with Crippen LogP contribution in [-0.4, -0.2) is 0 Å². The lowest BCUT2D eigenvalue weighted by Gasteiger charge is -2.18. The summed E-state index contributed by atoms with van der Waals surface area (Å²) in [6, 6.07) is 7.52. The molecule has 0 spiro atoms. The monoisotopic (exact) mass is 151 g/mol. The quantitative estimate of drug-likeness (QED) is 0.534. The van der Waals surface area contributed by atoms with Crippen molar-refractivity contribution in [3.8, 4) is 0 Å². The van der Waals surface area contributed by atoms with Crippen LogP contribution in [-0.2, 0) is 5.41 Å². The van der Waals surface area contributed by atoms with Crippen molar-refractivity contribution >= 4 is 0 Å². The Morgan fingerprint density at radius 2 is 2.00 bits per heavy atom. The Labute approximate surface area is 67.1 Å². The predicted molar refractivity (Wildman–Crippen MR) is 43.9 cm³/mol. The van der Waals surface area contributed by atoms with Gasteiger partial charge in [0.25, 0.3) is 0 Å². The topological polar surface area (TPSA) is 0 Å². The number of hydrogen-bond acceptors (Lipinski definition) is 0. The molecular formula is C10H12F. The van der Waals surface area contributed by atoms with E-state index in [1.54, 1.807) is 6.07 Å². The van der Waals surface area contributed by atoms with Gasteiger partial charge in [0.15, 0.2) is 0 Å². The molecule has 0 aliphatic heterocycles. The summed E-state index contributed by atoms with van der Waals surface area (Å²) in [6.07, 6.45) is 0. The first-order valence-corrected chi connectivity index (χ1v) is 3.68. The molecule has 0 saturated carbocycles. The van der Waals surface area contributed by atoms with E-state index in [0.29, 0.717) is 0 Å². The summed E-state index contributed by atoms with van der Waals surface area (Å²) in [4.78, 5) is 0. The van der Waals surface area contributed by atoms with Gasteiger partial charge >= 0.3 is 0 Å². The molecular weight excluding hydrogens is 139 g/mol. The highest BCUT2D eigenvalue weighted by Crippen LogP contribution is 2.21. The SMILES string of the molecule is CC(C)(C)c1cc[c]c(F)c1. The van der Waals surface area contributed by atoms with Crippen LogP contribution in [0.15, 0.2) is 18.2 Å². The molecule has 0 amide bonds. The smallest absolute Gasteiger partial charge is 0.131 e. The van der Waals surface area contributed by atoms with Gasteiger partial charge in [-0.05, 0) is 17.0 Å². The van der Waals surface area contributed by atoms with Crippen molar-refractivity contribution < 1.29 is 4.39 Å². The fourth-order valence-corrected chi connectivity index (χ4v) is 0.904. The highest BCUT2D eigenvalue weighted by atomic mass is 19.1. The van der Waals surface area contributed by atoms with Gasteiger partial charge in [0.2, 0.25) is 0 Å². The summed E-state index contributed by atoms with van der Waals surface area (Å²) in [5, 5.41) is 0. The van der Waals surface area contributed by atoms with Crippen LogP contribution in [0.2, 0.25) is 0 Å². The Balaban J connectivity index is 3.06. The number of benzene rings is 1. The zero-order valence-electron chi connectivity index (χ0n) is 7.11. The van der Waals surface area contributed by atoms with Crippen molar-refractivity contribution in [2.45, 2.75) is 26.2 Å². The van der Waals surface area contributed by atoms with Crippen LogP contribution in [0.5, 0.6) is 0 Å². The minimum absolute atomic E-state index is 0.0237. The fourth-order valence-electron chi connectivity index (χ4n) is 0.904. The molecule has 1 rings (SSSR count). The second-order valence-electron chi connectivity index (χ2n) is 3.68. The van der Waals surface area contributed by atoms with E-state index in [1.807, 2.05) is 6.07 Å². The fraction of sp³-hybridized carbons (Fsp3) is 0.400. The zero-order valence-corrected chi connectivity index (χ0v) is 7.11. The highest BCUT2D eigenvalue weighted by Gasteiger charge is 2.13. The molecule has 1 radical (unpaired) electrons. The molecule has 0 bridgehead atoms. The second kappa shape index (κ2) is 2.65. The average molecular weight is 151 g/mol. The van der Waals surface area contributed by atoms with E-state index in [4.69, 9.17) is 0 Å². The van der Waals surface area contributed by atoms with Gasteiger partial charge < -0.3 is 0 Å². The summed E-state index contributed by atoms with van der Waals surface area (Å²) >= 11 is 0. The van der Waals surface area contributed by atoms with Crippen LogP contribution < -0.4 is 0 Å². The molecule has 1 aromatic carbocycles. The maximum Gasteiger partial charge on any atom is 0.131 e. The molecule has 1 aromatic rings. The van der Waals surface area contributed by atoms with Crippen molar-refractivity contribution in [3.05, 3.63) is 35.6 Å². The highest BCUT2D eigenvalue weighted by molar-refractivity contribution is 5.22. The van der Waals surface area contributed by atoms with Gasteiger partial charge in [0.1, 0.15) is 5.82 Å². The van der Waals surface area contributed by atoms with Crippen LogP contribution in [0.25, 0.3) is 0 Å².